The average molecular weight is 200 g/mol. The molecule has 0 unspecified atom stereocenters. The van der Waals surface area contributed by atoms with E-state index in [9.17, 15) is 4.79 Å². The molecule has 1 rings (SSSR count). The third-order valence-electron chi connectivity index (χ3n) is 2.63. The number of nitrogens with zero attached hydrogens (tertiary/aromatic N) is 1. The maximum atomic E-state index is 11.4. The summed E-state index contributed by atoms with van der Waals surface area (Å²) in [6.07, 6.45) is 2.30. The molecule has 0 aromatic rings. The quantitative estimate of drug-likeness (QED) is 0.706. The highest BCUT2D eigenvalue weighted by atomic mass is 16.5. The fourth-order valence-corrected chi connectivity index (χ4v) is 1.44. The molecule has 4 nitrogen and oxygen atoms in total. The normalized spacial score (nSPS) is 18.1. The molecule has 4 heteroatoms. The molecule has 1 aliphatic rings. The third-order valence-corrected chi connectivity index (χ3v) is 2.63. The summed E-state index contributed by atoms with van der Waals surface area (Å²) in [5.41, 5.74) is 0. The Balaban J connectivity index is 2.15. The van der Waals surface area contributed by atoms with Crippen LogP contribution in [0, 0.1) is 0 Å². The van der Waals surface area contributed by atoms with Crippen LogP contribution in [0.25, 0.3) is 0 Å². The van der Waals surface area contributed by atoms with Crippen LogP contribution in [0.4, 0.5) is 0 Å². The minimum atomic E-state index is 0.0750. The zero-order valence-corrected chi connectivity index (χ0v) is 9.08. The summed E-state index contributed by atoms with van der Waals surface area (Å²) in [6.45, 7) is 4.94. The highest BCUT2D eigenvalue weighted by Crippen LogP contribution is 2.06. The summed E-state index contributed by atoms with van der Waals surface area (Å²) in [5.74, 6) is 0.0750. The molecule has 1 heterocycles. The van der Waals surface area contributed by atoms with E-state index in [4.69, 9.17) is 4.74 Å². The fraction of sp³-hybridized carbons (Fsp3) is 0.900. The first-order valence-electron chi connectivity index (χ1n) is 5.30. The van der Waals surface area contributed by atoms with Crippen molar-refractivity contribution in [3.8, 4) is 0 Å². The number of rotatable bonds is 4. The van der Waals surface area contributed by atoms with Crippen molar-refractivity contribution in [2.75, 3.05) is 33.3 Å². The van der Waals surface area contributed by atoms with E-state index < -0.39 is 0 Å². The number of amides is 1. The molecule has 0 bridgehead atoms. The van der Waals surface area contributed by atoms with Gasteiger partial charge in [0.2, 0.25) is 5.91 Å². The van der Waals surface area contributed by atoms with Crippen molar-refractivity contribution in [1.82, 2.24) is 10.2 Å². The Kier molecular flexibility index (Phi) is 4.90. The van der Waals surface area contributed by atoms with Gasteiger partial charge in [-0.25, -0.2) is 0 Å². The minimum Gasteiger partial charge on any atom is -0.368 e. The number of nitrogens with one attached hydrogen (secondary N) is 1. The molecule has 0 aromatic heterocycles. The van der Waals surface area contributed by atoms with Gasteiger partial charge in [0, 0.05) is 13.6 Å². The lowest BCUT2D eigenvalue weighted by Crippen LogP contribution is -2.36. The van der Waals surface area contributed by atoms with Crippen molar-refractivity contribution in [2.24, 2.45) is 0 Å². The second-order valence-corrected chi connectivity index (χ2v) is 3.67. The van der Waals surface area contributed by atoms with Crippen LogP contribution in [0.3, 0.4) is 0 Å². The molecule has 0 saturated carbocycles. The molecular formula is C10H20N2O2. The second kappa shape index (κ2) is 5.98. The predicted molar refractivity (Wildman–Crippen MR) is 55.2 cm³/mol. The Labute approximate surface area is 85.6 Å². The fourth-order valence-electron chi connectivity index (χ4n) is 1.44. The first-order chi connectivity index (χ1) is 6.74. The summed E-state index contributed by atoms with van der Waals surface area (Å²) in [5, 5.41) is 3.26. The van der Waals surface area contributed by atoms with Gasteiger partial charge in [0.25, 0.3) is 0 Å². The Morgan fingerprint density at radius 3 is 2.71 bits per heavy atom. The van der Waals surface area contributed by atoms with Crippen molar-refractivity contribution < 1.29 is 9.53 Å². The lowest BCUT2D eigenvalue weighted by Gasteiger charge is -2.23. The molecule has 1 aliphatic heterocycles. The number of piperidine rings is 1. The van der Waals surface area contributed by atoms with Crippen molar-refractivity contribution in [2.45, 2.75) is 25.9 Å². The molecule has 0 aromatic carbocycles. The van der Waals surface area contributed by atoms with Crippen LogP contribution in [0.1, 0.15) is 19.8 Å². The van der Waals surface area contributed by atoms with Gasteiger partial charge in [0.15, 0.2) is 0 Å². The molecule has 14 heavy (non-hydrogen) atoms. The Morgan fingerprint density at radius 2 is 2.14 bits per heavy atom. The SMILES string of the molecule is CCN(C)C(=O)COC1CCNCC1. The summed E-state index contributed by atoms with van der Waals surface area (Å²) >= 11 is 0. The summed E-state index contributed by atoms with van der Waals surface area (Å²) in [4.78, 5) is 13.1. The molecule has 0 spiro atoms. The molecule has 1 amide bonds. The van der Waals surface area contributed by atoms with Gasteiger partial charge >= 0.3 is 0 Å². The summed E-state index contributed by atoms with van der Waals surface area (Å²) in [6, 6.07) is 0. The minimum absolute atomic E-state index is 0.0750. The smallest absolute Gasteiger partial charge is 0.248 e. The number of carbonyl (C=O) groups is 1. The van der Waals surface area contributed by atoms with Crippen molar-refractivity contribution >= 4 is 5.91 Å². The molecule has 82 valence electrons. The molecule has 1 N–H and O–H groups in total. The van der Waals surface area contributed by atoms with Gasteiger partial charge in [-0.1, -0.05) is 0 Å². The van der Waals surface area contributed by atoms with Gasteiger partial charge in [0.05, 0.1) is 6.10 Å². The van der Waals surface area contributed by atoms with Gasteiger partial charge in [-0.2, -0.15) is 0 Å². The van der Waals surface area contributed by atoms with E-state index in [1.54, 1.807) is 11.9 Å². The number of hydrogen-bond donors (Lipinski definition) is 1. The van der Waals surface area contributed by atoms with Crippen LogP contribution in [0.5, 0.6) is 0 Å². The second-order valence-electron chi connectivity index (χ2n) is 3.67. The third kappa shape index (κ3) is 3.64. The molecular weight excluding hydrogens is 180 g/mol. The maximum absolute atomic E-state index is 11.4. The van der Waals surface area contributed by atoms with Crippen molar-refractivity contribution in [1.29, 1.82) is 0 Å². The molecule has 0 radical (unpaired) electrons. The monoisotopic (exact) mass is 200 g/mol. The summed E-state index contributed by atoms with van der Waals surface area (Å²) in [7, 11) is 1.80. The van der Waals surface area contributed by atoms with Gasteiger partial charge in [-0.05, 0) is 32.9 Å². The number of ether oxygens (including phenoxy) is 1. The van der Waals surface area contributed by atoms with Crippen molar-refractivity contribution in [3.05, 3.63) is 0 Å². The van der Waals surface area contributed by atoms with E-state index in [1.807, 2.05) is 6.92 Å². The standard InChI is InChI=1S/C10H20N2O2/c1-3-12(2)10(13)8-14-9-4-6-11-7-5-9/h9,11H,3-8H2,1-2H3. The molecule has 1 saturated heterocycles. The number of likely N-dealkylation sites (N-methyl/N-ethyl adjacent to an activating group) is 1. The Morgan fingerprint density at radius 1 is 1.50 bits per heavy atom. The van der Waals surface area contributed by atoms with E-state index in [0.29, 0.717) is 0 Å². The van der Waals surface area contributed by atoms with E-state index in [1.165, 1.54) is 0 Å². The average Bonchev–Trinajstić information content (AvgIpc) is 2.26. The van der Waals surface area contributed by atoms with Crippen LogP contribution >= 0.6 is 0 Å². The van der Waals surface area contributed by atoms with Gasteiger partial charge in [-0.15, -0.1) is 0 Å². The van der Waals surface area contributed by atoms with Crippen LogP contribution in [-0.4, -0.2) is 50.2 Å². The van der Waals surface area contributed by atoms with Crippen LogP contribution in [0.15, 0.2) is 0 Å². The Bertz CT molecular complexity index is 179. The highest BCUT2D eigenvalue weighted by Gasteiger charge is 2.15. The lowest BCUT2D eigenvalue weighted by atomic mass is 10.1. The zero-order chi connectivity index (χ0) is 10.4. The lowest BCUT2D eigenvalue weighted by molar-refractivity contribution is -0.137. The van der Waals surface area contributed by atoms with Crippen LogP contribution < -0.4 is 5.32 Å². The predicted octanol–water partition coefficient (Wildman–Crippen LogP) is 0.233. The molecule has 0 atom stereocenters. The van der Waals surface area contributed by atoms with E-state index in [-0.39, 0.29) is 18.6 Å². The first kappa shape index (κ1) is 11.5. The van der Waals surface area contributed by atoms with E-state index >= 15 is 0 Å². The largest absolute Gasteiger partial charge is 0.368 e. The molecule has 1 fully saturated rings. The molecule has 0 aliphatic carbocycles. The van der Waals surface area contributed by atoms with Crippen LogP contribution in [-0.2, 0) is 9.53 Å². The number of hydrogen-bond acceptors (Lipinski definition) is 3. The van der Waals surface area contributed by atoms with E-state index in [2.05, 4.69) is 5.32 Å². The highest BCUT2D eigenvalue weighted by molar-refractivity contribution is 5.77. The van der Waals surface area contributed by atoms with Crippen LogP contribution in [0.2, 0.25) is 0 Å². The van der Waals surface area contributed by atoms with Crippen molar-refractivity contribution in [3.63, 3.8) is 0 Å². The zero-order valence-electron chi connectivity index (χ0n) is 9.08. The van der Waals surface area contributed by atoms with Gasteiger partial charge < -0.3 is 15.0 Å². The maximum Gasteiger partial charge on any atom is 0.248 e. The Hall–Kier alpha value is -0.610. The van der Waals surface area contributed by atoms with E-state index in [0.717, 1.165) is 32.5 Å². The number of carbonyl (C=O) groups excluding carboxylic acids is 1. The van der Waals surface area contributed by atoms with Gasteiger partial charge in [0.1, 0.15) is 6.61 Å². The summed E-state index contributed by atoms with van der Waals surface area (Å²) < 4.78 is 5.54. The first-order valence-corrected chi connectivity index (χ1v) is 5.30. The topological polar surface area (TPSA) is 41.6 Å². The van der Waals surface area contributed by atoms with Gasteiger partial charge in [-0.3, -0.25) is 4.79 Å².